The first-order valence-electron chi connectivity index (χ1n) is 7.65. The van der Waals surface area contributed by atoms with E-state index in [2.05, 4.69) is 10.2 Å². The highest BCUT2D eigenvalue weighted by molar-refractivity contribution is 5.74. The largest absolute Gasteiger partial charge is 0.379 e. The van der Waals surface area contributed by atoms with Crippen molar-refractivity contribution in [3.05, 3.63) is 35.4 Å². The maximum Gasteiger partial charge on any atom is 0.317 e. The maximum absolute atomic E-state index is 13.6. The highest BCUT2D eigenvalue weighted by Crippen LogP contribution is 2.11. The molecule has 1 N–H and O–H groups in total. The second-order valence-electron chi connectivity index (χ2n) is 6.04. The van der Waals surface area contributed by atoms with E-state index in [-0.39, 0.29) is 24.1 Å². The first-order chi connectivity index (χ1) is 11.0. The predicted octanol–water partition coefficient (Wildman–Crippen LogP) is 1.68. The summed E-state index contributed by atoms with van der Waals surface area (Å²) < 4.78 is 32.0. The van der Waals surface area contributed by atoms with Crippen LogP contribution in [0.15, 0.2) is 18.2 Å². The first kappa shape index (κ1) is 17.6. The number of nitrogens with one attached hydrogen (secondary N) is 1. The average Bonchev–Trinajstić information content (AvgIpc) is 2.71. The predicted molar refractivity (Wildman–Crippen MR) is 83.0 cm³/mol. The monoisotopic (exact) mass is 327 g/mol. The summed E-state index contributed by atoms with van der Waals surface area (Å²) in [6.45, 7) is 3.06. The zero-order chi connectivity index (χ0) is 16.8. The van der Waals surface area contributed by atoms with Crippen LogP contribution >= 0.6 is 0 Å². The summed E-state index contributed by atoms with van der Waals surface area (Å²) in [6, 6.07) is 3.07. The van der Waals surface area contributed by atoms with Crippen LogP contribution in [0.5, 0.6) is 0 Å². The van der Waals surface area contributed by atoms with Gasteiger partial charge in [-0.2, -0.15) is 0 Å². The van der Waals surface area contributed by atoms with Crippen molar-refractivity contribution >= 4 is 6.03 Å². The van der Waals surface area contributed by atoms with E-state index in [9.17, 15) is 13.6 Å². The third-order valence-corrected chi connectivity index (χ3v) is 3.69. The van der Waals surface area contributed by atoms with Crippen LogP contribution in [0.25, 0.3) is 0 Å². The average molecular weight is 327 g/mol. The molecule has 0 radical (unpaired) electrons. The van der Waals surface area contributed by atoms with Crippen LogP contribution in [0.3, 0.4) is 0 Å². The lowest BCUT2D eigenvalue weighted by Crippen LogP contribution is -2.44. The summed E-state index contributed by atoms with van der Waals surface area (Å²) in [5.74, 6) is -1.05. The van der Waals surface area contributed by atoms with Crippen LogP contribution in [0.2, 0.25) is 0 Å². The molecule has 5 nitrogen and oxygen atoms in total. The van der Waals surface area contributed by atoms with Crippen molar-refractivity contribution in [1.82, 2.24) is 15.1 Å². The van der Waals surface area contributed by atoms with Crippen LogP contribution in [0, 0.1) is 17.6 Å². The SMILES string of the molecule is CN(C)CC1COCCN(C(=O)NCc2ccc(F)cc2F)C1. The van der Waals surface area contributed by atoms with Gasteiger partial charge in [-0.1, -0.05) is 6.07 Å². The topological polar surface area (TPSA) is 44.8 Å². The molecule has 0 aliphatic carbocycles. The lowest BCUT2D eigenvalue weighted by atomic mass is 10.1. The Bertz CT molecular complexity index is 540. The van der Waals surface area contributed by atoms with Gasteiger partial charge in [0, 0.05) is 43.7 Å². The Kier molecular flexibility index (Phi) is 6.29. The molecule has 128 valence electrons. The van der Waals surface area contributed by atoms with E-state index in [0.29, 0.717) is 26.3 Å². The molecule has 23 heavy (non-hydrogen) atoms. The number of halogens is 2. The Morgan fingerprint density at radius 3 is 2.91 bits per heavy atom. The number of rotatable bonds is 4. The molecule has 1 aromatic carbocycles. The van der Waals surface area contributed by atoms with Crippen molar-refractivity contribution < 1.29 is 18.3 Å². The summed E-state index contributed by atoms with van der Waals surface area (Å²) in [6.07, 6.45) is 0. The summed E-state index contributed by atoms with van der Waals surface area (Å²) >= 11 is 0. The fourth-order valence-electron chi connectivity index (χ4n) is 2.64. The molecule has 1 aliphatic rings. The number of hydrogen-bond acceptors (Lipinski definition) is 3. The van der Waals surface area contributed by atoms with Gasteiger partial charge in [-0.05, 0) is 20.2 Å². The van der Waals surface area contributed by atoms with Crippen LogP contribution in [-0.2, 0) is 11.3 Å². The van der Waals surface area contributed by atoms with E-state index in [1.165, 1.54) is 12.1 Å². The van der Waals surface area contributed by atoms with Gasteiger partial charge in [0.15, 0.2) is 0 Å². The Morgan fingerprint density at radius 1 is 1.43 bits per heavy atom. The molecule has 2 rings (SSSR count). The minimum absolute atomic E-state index is 0.0284. The maximum atomic E-state index is 13.6. The fraction of sp³-hybridized carbons (Fsp3) is 0.562. The summed E-state index contributed by atoms with van der Waals surface area (Å²) in [4.78, 5) is 16.0. The minimum atomic E-state index is -0.657. The summed E-state index contributed by atoms with van der Waals surface area (Å²) in [5, 5.41) is 2.69. The normalized spacial score (nSPS) is 18.8. The summed E-state index contributed by atoms with van der Waals surface area (Å²) in [7, 11) is 3.96. The lowest BCUT2D eigenvalue weighted by Gasteiger charge is -2.25. The van der Waals surface area contributed by atoms with Crippen molar-refractivity contribution in [3.8, 4) is 0 Å². The second-order valence-corrected chi connectivity index (χ2v) is 6.04. The van der Waals surface area contributed by atoms with Crippen molar-refractivity contribution in [1.29, 1.82) is 0 Å². The van der Waals surface area contributed by atoms with Crippen LogP contribution < -0.4 is 5.32 Å². The lowest BCUT2D eigenvalue weighted by molar-refractivity contribution is 0.112. The van der Waals surface area contributed by atoms with Gasteiger partial charge in [-0.15, -0.1) is 0 Å². The van der Waals surface area contributed by atoms with E-state index in [0.717, 1.165) is 12.6 Å². The molecular weight excluding hydrogens is 304 g/mol. The number of amides is 2. The van der Waals surface area contributed by atoms with Gasteiger partial charge in [0.1, 0.15) is 11.6 Å². The standard InChI is InChI=1S/C16H23F2N3O2/c1-20(2)9-12-10-21(5-6-23-11-12)16(22)19-8-13-3-4-14(17)7-15(13)18/h3-4,7,12H,5-6,8-11H2,1-2H3,(H,19,22). The van der Waals surface area contributed by atoms with E-state index < -0.39 is 11.6 Å². The third-order valence-electron chi connectivity index (χ3n) is 3.69. The molecule has 7 heteroatoms. The molecule has 0 aromatic heterocycles. The van der Waals surface area contributed by atoms with Crippen LogP contribution in [0.1, 0.15) is 5.56 Å². The molecule has 1 saturated heterocycles. The molecule has 1 heterocycles. The number of nitrogens with zero attached hydrogens (tertiary/aromatic N) is 2. The zero-order valence-electron chi connectivity index (χ0n) is 13.5. The van der Waals surface area contributed by atoms with Gasteiger partial charge < -0.3 is 19.9 Å². The second kappa shape index (κ2) is 8.21. The van der Waals surface area contributed by atoms with E-state index >= 15 is 0 Å². The number of benzene rings is 1. The van der Waals surface area contributed by atoms with Gasteiger partial charge in [-0.3, -0.25) is 0 Å². The number of carbonyl (C=O) groups excluding carboxylic acids is 1. The number of urea groups is 1. The molecule has 1 aliphatic heterocycles. The molecular formula is C16H23F2N3O2. The molecule has 1 atom stereocenters. The fourth-order valence-corrected chi connectivity index (χ4v) is 2.64. The van der Waals surface area contributed by atoms with Crippen LogP contribution in [-0.4, -0.2) is 62.8 Å². The summed E-state index contributed by atoms with van der Waals surface area (Å²) in [5.41, 5.74) is 0.260. The molecule has 0 bridgehead atoms. The van der Waals surface area contributed by atoms with Gasteiger partial charge in [0.2, 0.25) is 0 Å². The molecule has 2 amide bonds. The van der Waals surface area contributed by atoms with E-state index in [1.54, 1.807) is 4.90 Å². The number of ether oxygens (including phenoxy) is 1. The van der Waals surface area contributed by atoms with Crippen molar-refractivity contribution in [2.45, 2.75) is 6.54 Å². The Morgan fingerprint density at radius 2 is 2.22 bits per heavy atom. The number of hydrogen-bond donors (Lipinski definition) is 1. The molecule has 1 fully saturated rings. The van der Waals surface area contributed by atoms with E-state index in [4.69, 9.17) is 4.74 Å². The Balaban J connectivity index is 1.90. The minimum Gasteiger partial charge on any atom is -0.379 e. The van der Waals surface area contributed by atoms with Gasteiger partial charge in [0.25, 0.3) is 0 Å². The van der Waals surface area contributed by atoms with Crippen molar-refractivity contribution in [2.24, 2.45) is 5.92 Å². The van der Waals surface area contributed by atoms with Crippen molar-refractivity contribution in [3.63, 3.8) is 0 Å². The molecule has 0 saturated carbocycles. The van der Waals surface area contributed by atoms with Gasteiger partial charge >= 0.3 is 6.03 Å². The van der Waals surface area contributed by atoms with Gasteiger partial charge in [-0.25, -0.2) is 13.6 Å². The Hall–Kier alpha value is -1.73. The van der Waals surface area contributed by atoms with Gasteiger partial charge in [0.05, 0.1) is 13.2 Å². The highest BCUT2D eigenvalue weighted by atomic mass is 19.1. The third kappa shape index (κ3) is 5.44. The smallest absolute Gasteiger partial charge is 0.317 e. The quantitative estimate of drug-likeness (QED) is 0.915. The molecule has 1 aromatic rings. The zero-order valence-corrected chi connectivity index (χ0v) is 13.5. The van der Waals surface area contributed by atoms with Crippen molar-refractivity contribution in [2.75, 3.05) is 46.9 Å². The van der Waals surface area contributed by atoms with E-state index in [1.807, 2.05) is 14.1 Å². The first-order valence-corrected chi connectivity index (χ1v) is 7.65. The highest BCUT2D eigenvalue weighted by Gasteiger charge is 2.22. The number of carbonyl (C=O) groups is 1. The molecule has 0 spiro atoms. The molecule has 1 unspecified atom stereocenters. The Labute approximate surface area is 135 Å². The van der Waals surface area contributed by atoms with Crippen LogP contribution in [0.4, 0.5) is 13.6 Å².